The molecule has 0 aliphatic rings. The molecule has 0 aliphatic heterocycles. The van der Waals surface area contributed by atoms with Crippen LogP contribution in [-0.4, -0.2) is 26.1 Å². The van der Waals surface area contributed by atoms with Gasteiger partial charge in [0.05, 0.1) is 7.11 Å². The minimum absolute atomic E-state index is 0.323. The van der Waals surface area contributed by atoms with Gasteiger partial charge in [0.1, 0.15) is 12.5 Å². The maximum atomic E-state index is 13.8. The molecule has 1 aromatic carbocycles. The first-order valence-corrected chi connectivity index (χ1v) is 5.03. The maximum Gasteiger partial charge on any atom is 0.311 e. The zero-order chi connectivity index (χ0) is 12.9. The lowest BCUT2D eigenvalue weighted by Gasteiger charge is -2.25. The van der Waals surface area contributed by atoms with Crippen molar-refractivity contribution < 1.29 is 23.0 Å². The number of alkyl halides is 2. The Morgan fingerprint density at radius 3 is 2.35 bits per heavy atom. The molecule has 0 aromatic heterocycles. The Bertz CT molecular complexity index is 365. The summed E-state index contributed by atoms with van der Waals surface area (Å²) in [6.07, 6.45) is -2.46. The second-order valence-corrected chi connectivity index (χ2v) is 3.54. The first-order chi connectivity index (χ1) is 8.01. The summed E-state index contributed by atoms with van der Waals surface area (Å²) in [5, 5.41) is 0. The lowest BCUT2D eigenvalue weighted by molar-refractivity contribution is -0.164. The third-order valence-corrected chi connectivity index (χ3v) is 2.33. The maximum absolute atomic E-state index is 13.8. The molecule has 0 bridgehead atoms. The Hall–Kier alpha value is -1.49. The van der Waals surface area contributed by atoms with Gasteiger partial charge in [-0.05, 0) is 5.56 Å². The molecule has 0 saturated carbocycles. The molecule has 17 heavy (non-hydrogen) atoms. The number of hydrogen-bond acceptors (Lipinski definition) is 3. The Morgan fingerprint density at radius 1 is 1.29 bits per heavy atom. The molecular weight excluding hydrogens is 230 g/mol. The molecular formula is C12H14F2O3. The molecule has 0 radical (unpaired) electrons. The molecule has 1 rings (SSSR count). The minimum Gasteiger partial charge on any atom is -0.469 e. The molecule has 1 atom stereocenters. The van der Waals surface area contributed by atoms with Gasteiger partial charge in [-0.1, -0.05) is 30.3 Å². The van der Waals surface area contributed by atoms with Crippen LogP contribution in [0.25, 0.3) is 0 Å². The van der Waals surface area contributed by atoms with Crippen LogP contribution < -0.4 is 0 Å². The van der Waals surface area contributed by atoms with Crippen LogP contribution in [-0.2, 0) is 14.3 Å². The third-order valence-electron chi connectivity index (χ3n) is 2.33. The highest BCUT2D eigenvalue weighted by molar-refractivity contribution is 5.70. The largest absolute Gasteiger partial charge is 0.469 e. The molecule has 94 valence electrons. The summed E-state index contributed by atoms with van der Waals surface area (Å²) in [5.74, 6) is -4.27. The fraction of sp³-hybridized carbons (Fsp3) is 0.417. The number of carbonyl (C=O) groups is 1. The zero-order valence-electron chi connectivity index (χ0n) is 9.65. The first kappa shape index (κ1) is 13.6. The van der Waals surface area contributed by atoms with E-state index in [2.05, 4.69) is 4.74 Å². The highest BCUT2D eigenvalue weighted by Gasteiger charge is 2.43. The van der Waals surface area contributed by atoms with Gasteiger partial charge in [0.25, 0.3) is 5.92 Å². The van der Waals surface area contributed by atoms with Crippen LogP contribution in [0.1, 0.15) is 18.1 Å². The van der Waals surface area contributed by atoms with E-state index in [0.29, 0.717) is 5.56 Å². The van der Waals surface area contributed by atoms with Gasteiger partial charge < -0.3 is 9.47 Å². The molecule has 0 N–H and O–H groups in total. The molecule has 1 unspecified atom stereocenters. The molecule has 0 amide bonds. The normalized spacial score (nSPS) is 13.2. The van der Waals surface area contributed by atoms with Crippen molar-refractivity contribution in [3.8, 4) is 0 Å². The van der Waals surface area contributed by atoms with Crippen LogP contribution in [0.3, 0.4) is 0 Å². The fourth-order valence-electron chi connectivity index (χ4n) is 1.54. The van der Waals surface area contributed by atoms with E-state index in [1.54, 1.807) is 18.2 Å². The van der Waals surface area contributed by atoms with Crippen molar-refractivity contribution in [1.29, 1.82) is 0 Å². The summed E-state index contributed by atoms with van der Waals surface area (Å²) >= 11 is 0. The second kappa shape index (κ2) is 5.72. The monoisotopic (exact) mass is 244 g/mol. The van der Waals surface area contributed by atoms with E-state index in [1.165, 1.54) is 19.2 Å². The van der Waals surface area contributed by atoms with Crippen molar-refractivity contribution in [1.82, 2.24) is 0 Å². The number of benzene rings is 1. The molecule has 0 heterocycles. The van der Waals surface area contributed by atoms with Gasteiger partial charge in [0.2, 0.25) is 0 Å². The number of rotatable bonds is 5. The first-order valence-electron chi connectivity index (χ1n) is 5.03. The van der Waals surface area contributed by atoms with Crippen molar-refractivity contribution in [2.24, 2.45) is 0 Å². The minimum atomic E-state index is -3.30. The van der Waals surface area contributed by atoms with Gasteiger partial charge in [-0.3, -0.25) is 4.79 Å². The van der Waals surface area contributed by atoms with E-state index in [9.17, 15) is 13.6 Å². The average molecular weight is 244 g/mol. The van der Waals surface area contributed by atoms with Gasteiger partial charge in [0.15, 0.2) is 0 Å². The SMILES string of the molecule is COC(=O)CC(F)(F)C(OC)c1ccccc1. The highest BCUT2D eigenvalue weighted by Crippen LogP contribution is 2.36. The molecule has 0 fully saturated rings. The van der Waals surface area contributed by atoms with E-state index >= 15 is 0 Å². The van der Waals surface area contributed by atoms with Crippen molar-refractivity contribution in [3.63, 3.8) is 0 Å². The van der Waals surface area contributed by atoms with Gasteiger partial charge in [0, 0.05) is 7.11 Å². The van der Waals surface area contributed by atoms with E-state index in [1.807, 2.05) is 0 Å². The fourth-order valence-corrected chi connectivity index (χ4v) is 1.54. The highest BCUT2D eigenvalue weighted by atomic mass is 19.3. The summed E-state index contributed by atoms with van der Waals surface area (Å²) in [7, 11) is 2.26. The van der Waals surface area contributed by atoms with Gasteiger partial charge in [-0.15, -0.1) is 0 Å². The van der Waals surface area contributed by atoms with Crippen molar-refractivity contribution in [2.45, 2.75) is 18.4 Å². The van der Waals surface area contributed by atoms with E-state index in [0.717, 1.165) is 7.11 Å². The van der Waals surface area contributed by atoms with Crippen molar-refractivity contribution in [3.05, 3.63) is 35.9 Å². The standard InChI is InChI=1S/C12H14F2O3/c1-16-10(15)8-12(13,14)11(17-2)9-6-4-3-5-7-9/h3-7,11H,8H2,1-2H3. The van der Waals surface area contributed by atoms with Gasteiger partial charge in [-0.2, -0.15) is 0 Å². The molecule has 5 heteroatoms. The Labute approximate surface area is 98.3 Å². The summed E-state index contributed by atoms with van der Waals surface area (Å²) in [5.41, 5.74) is 0.323. The quantitative estimate of drug-likeness (QED) is 0.747. The average Bonchev–Trinajstić information content (AvgIpc) is 2.30. The van der Waals surface area contributed by atoms with Crippen LogP contribution in [0.5, 0.6) is 0 Å². The summed E-state index contributed by atoms with van der Waals surface area (Å²) in [4.78, 5) is 10.9. The predicted molar refractivity (Wildman–Crippen MR) is 57.8 cm³/mol. The summed E-state index contributed by atoms with van der Waals surface area (Å²) in [6, 6.07) is 8.04. The molecule has 0 aliphatic carbocycles. The summed E-state index contributed by atoms with van der Waals surface area (Å²) < 4.78 is 36.6. The number of ether oxygens (including phenoxy) is 2. The van der Waals surface area contributed by atoms with Crippen molar-refractivity contribution >= 4 is 5.97 Å². The molecule has 0 spiro atoms. The van der Waals surface area contributed by atoms with Crippen LogP contribution >= 0.6 is 0 Å². The molecule has 1 aromatic rings. The van der Waals surface area contributed by atoms with Crippen LogP contribution in [0.15, 0.2) is 30.3 Å². The number of halogens is 2. The Balaban J connectivity index is 2.90. The van der Waals surface area contributed by atoms with E-state index in [4.69, 9.17) is 4.74 Å². The molecule has 0 saturated heterocycles. The lowest BCUT2D eigenvalue weighted by Crippen LogP contribution is -2.31. The topological polar surface area (TPSA) is 35.5 Å². The van der Waals surface area contributed by atoms with E-state index < -0.39 is 24.4 Å². The Morgan fingerprint density at radius 2 is 1.88 bits per heavy atom. The van der Waals surface area contributed by atoms with Crippen molar-refractivity contribution in [2.75, 3.05) is 14.2 Å². The number of esters is 1. The zero-order valence-corrected chi connectivity index (χ0v) is 9.65. The molecule has 3 nitrogen and oxygen atoms in total. The van der Waals surface area contributed by atoms with Crippen LogP contribution in [0, 0.1) is 0 Å². The third kappa shape index (κ3) is 3.49. The number of carbonyl (C=O) groups excluding carboxylic acids is 1. The van der Waals surface area contributed by atoms with Crippen LogP contribution in [0.2, 0.25) is 0 Å². The predicted octanol–water partition coefficient (Wildman–Crippen LogP) is 2.57. The van der Waals surface area contributed by atoms with Gasteiger partial charge >= 0.3 is 5.97 Å². The Kier molecular flexibility index (Phi) is 4.57. The second-order valence-electron chi connectivity index (χ2n) is 3.54. The van der Waals surface area contributed by atoms with Gasteiger partial charge in [-0.25, -0.2) is 8.78 Å². The number of methoxy groups -OCH3 is 2. The summed E-state index contributed by atoms with van der Waals surface area (Å²) in [6.45, 7) is 0. The van der Waals surface area contributed by atoms with E-state index in [-0.39, 0.29) is 0 Å². The number of hydrogen-bond donors (Lipinski definition) is 0. The lowest BCUT2D eigenvalue weighted by atomic mass is 10.0. The smallest absolute Gasteiger partial charge is 0.311 e. The van der Waals surface area contributed by atoms with Crippen LogP contribution in [0.4, 0.5) is 8.78 Å².